The van der Waals surface area contributed by atoms with E-state index in [1.165, 1.54) is 22.0 Å². The second-order valence-corrected chi connectivity index (χ2v) is 9.26. The first-order valence-corrected chi connectivity index (χ1v) is 11.2. The van der Waals surface area contributed by atoms with Crippen molar-refractivity contribution in [1.82, 2.24) is 23.9 Å². The number of amides is 1. The third-order valence-electron chi connectivity index (χ3n) is 5.10. The minimum atomic E-state index is -3.98. The predicted molar refractivity (Wildman–Crippen MR) is 109 cm³/mol. The zero-order valence-electron chi connectivity index (χ0n) is 16.2. The quantitative estimate of drug-likeness (QED) is 0.564. The highest BCUT2D eigenvalue weighted by atomic mass is 35.5. The minimum Gasteiger partial charge on any atom is -0.395 e. The van der Waals surface area contributed by atoms with Crippen LogP contribution in [0.15, 0.2) is 47.8 Å². The molecule has 1 amide bonds. The third-order valence-corrected chi connectivity index (χ3v) is 6.93. The molecule has 1 aromatic carbocycles. The number of alkyl halides is 1. The van der Waals surface area contributed by atoms with Crippen LogP contribution >= 0.6 is 11.6 Å². The van der Waals surface area contributed by atoms with Gasteiger partial charge in [0, 0.05) is 29.5 Å². The van der Waals surface area contributed by atoms with Gasteiger partial charge in [0.25, 0.3) is 10.0 Å². The van der Waals surface area contributed by atoms with Crippen LogP contribution in [0.4, 0.5) is 4.39 Å². The van der Waals surface area contributed by atoms with Crippen LogP contribution in [-0.4, -0.2) is 56.6 Å². The molecule has 0 saturated carbocycles. The van der Waals surface area contributed by atoms with Crippen molar-refractivity contribution < 1.29 is 22.7 Å². The molecular formula is C19H19ClFN5O4S. The van der Waals surface area contributed by atoms with Crippen molar-refractivity contribution >= 4 is 27.5 Å². The number of aliphatic hydroxyl groups is 1. The Morgan fingerprint density at radius 3 is 2.71 bits per heavy atom. The van der Waals surface area contributed by atoms with Gasteiger partial charge in [0.15, 0.2) is 0 Å². The minimum absolute atomic E-state index is 0.0420. The summed E-state index contributed by atoms with van der Waals surface area (Å²) in [6.07, 6.45) is 3.74. The van der Waals surface area contributed by atoms with E-state index in [1.54, 1.807) is 24.3 Å². The number of carbonyl (C=O) groups excluding carboxylic acids is 1. The monoisotopic (exact) mass is 467 g/mol. The van der Waals surface area contributed by atoms with E-state index in [0.29, 0.717) is 21.8 Å². The molecule has 0 unspecified atom stereocenters. The average molecular weight is 468 g/mol. The van der Waals surface area contributed by atoms with E-state index in [9.17, 15) is 22.7 Å². The zero-order valence-corrected chi connectivity index (χ0v) is 17.8. The van der Waals surface area contributed by atoms with Crippen molar-refractivity contribution in [2.24, 2.45) is 0 Å². The van der Waals surface area contributed by atoms with Gasteiger partial charge in [0.1, 0.15) is 11.6 Å². The number of fused-ring (bicyclic) bond motifs is 1. The third kappa shape index (κ3) is 3.95. The Morgan fingerprint density at radius 2 is 2.03 bits per heavy atom. The molecule has 1 atom stereocenters. The highest BCUT2D eigenvalue weighted by Gasteiger charge is 2.34. The highest BCUT2D eigenvalue weighted by Crippen LogP contribution is 2.30. The Kier molecular flexibility index (Phi) is 5.82. The lowest BCUT2D eigenvalue weighted by Crippen LogP contribution is -2.33. The van der Waals surface area contributed by atoms with Gasteiger partial charge in [-0.1, -0.05) is 29.8 Å². The summed E-state index contributed by atoms with van der Waals surface area (Å²) in [6, 6.07) is 6.81. The molecule has 9 nitrogen and oxygen atoms in total. The molecule has 4 rings (SSSR count). The van der Waals surface area contributed by atoms with E-state index in [-0.39, 0.29) is 30.4 Å². The van der Waals surface area contributed by atoms with E-state index >= 15 is 0 Å². The molecule has 0 aliphatic carbocycles. The Hall–Kier alpha value is -2.76. The van der Waals surface area contributed by atoms with Gasteiger partial charge in [-0.25, -0.2) is 4.39 Å². The van der Waals surface area contributed by atoms with Crippen LogP contribution in [0.1, 0.15) is 22.7 Å². The summed E-state index contributed by atoms with van der Waals surface area (Å²) in [5, 5.41) is 18.1. The van der Waals surface area contributed by atoms with Crippen molar-refractivity contribution in [2.45, 2.75) is 30.4 Å². The molecule has 2 aromatic heterocycles. The number of nitrogens with zero attached hydrogens (tertiary/aromatic N) is 5. The maximum absolute atomic E-state index is 13.0. The number of rotatable bonds is 7. The van der Waals surface area contributed by atoms with Crippen molar-refractivity contribution in [3.05, 3.63) is 64.7 Å². The molecule has 0 radical (unpaired) electrons. The summed E-state index contributed by atoms with van der Waals surface area (Å²) in [6.45, 7) is -0.845. The van der Waals surface area contributed by atoms with Crippen LogP contribution in [0, 0.1) is 0 Å². The van der Waals surface area contributed by atoms with Gasteiger partial charge in [-0.05, 0) is 11.6 Å². The molecule has 0 fully saturated rings. The SMILES string of the molecule is O=C([C@@H](CO)c1ccccc1Cl)N1Cc2cn(S(=O)(=O)c3cnn(CCF)c3)nc2C1. The fraction of sp³-hybridized carbons (Fsp3) is 0.316. The van der Waals surface area contributed by atoms with Crippen molar-refractivity contribution in [1.29, 1.82) is 0 Å². The Bertz CT molecular complexity index is 1200. The summed E-state index contributed by atoms with van der Waals surface area (Å²) in [4.78, 5) is 14.4. The molecule has 164 valence electrons. The van der Waals surface area contributed by atoms with Gasteiger partial charge in [-0.2, -0.15) is 22.7 Å². The van der Waals surface area contributed by atoms with E-state index in [1.807, 2.05) is 0 Å². The van der Waals surface area contributed by atoms with Gasteiger partial charge in [-0.3, -0.25) is 9.48 Å². The standard InChI is InChI=1S/C19H19ClFN5O4S/c20-17-4-2-1-3-15(17)16(12-27)19(28)24-8-13-9-26(23-18(13)11-24)31(29,30)14-7-22-25(10-14)6-5-21/h1-4,7,9-10,16,27H,5-6,8,11-12H2/t16-/m0/s1. The maximum atomic E-state index is 13.0. The first kappa shape index (κ1) is 21.5. The molecule has 0 spiro atoms. The molecule has 1 N–H and O–H groups in total. The Labute approximate surface area is 182 Å². The molecule has 1 aliphatic heterocycles. The summed E-state index contributed by atoms with van der Waals surface area (Å²) in [5.74, 6) is -1.15. The predicted octanol–water partition coefficient (Wildman–Crippen LogP) is 1.56. The zero-order chi connectivity index (χ0) is 22.2. The lowest BCUT2D eigenvalue weighted by molar-refractivity contribution is -0.134. The van der Waals surface area contributed by atoms with Crippen LogP contribution in [-0.2, 0) is 34.5 Å². The van der Waals surface area contributed by atoms with Gasteiger partial charge in [-0.15, -0.1) is 0 Å². The normalized spacial score (nSPS) is 14.6. The lowest BCUT2D eigenvalue weighted by Gasteiger charge is -2.22. The average Bonchev–Trinajstić information content (AvgIpc) is 3.45. The van der Waals surface area contributed by atoms with Crippen LogP contribution < -0.4 is 0 Å². The number of hydrogen-bond acceptors (Lipinski definition) is 6. The fourth-order valence-electron chi connectivity index (χ4n) is 3.49. The summed E-state index contributed by atoms with van der Waals surface area (Å²) in [5.41, 5.74) is 1.56. The largest absolute Gasteiger partial charge is 0.395 e. The fourth-order valence-corrected chi connectivity index (χ4v) is 4.88. The topological polar surface area (TPSA) is 110 Å². The van der Waals surface area contributed by atoms with E-state index in [0.717, 1.165) is 10.3 Å². The van der Waals surface area contributed by atoms with Crippen LogP contribution in [0.5, 0.6) is 0 Å². The molecule has 0 saturated heterocycles. The second-order valence-electron chi connectivity index (χ2n) is 7.06. The van der Waals surface area contributed by atoms with Crippen molar-refractivity contribution in [2.75, 3.05) is 13.3 Å². The van der Waals surface area contributed by atoms with Gasteiger partial charge >= 0.3 is 0 Å². The summed E-state index contributed by atoms with van der Waals surface area (Å²) >= 11 is 6.18. The molecule has 3 aromatic rings. The number of hydrogen-bond donors (Lipinski definition) is 1. The molecule has 1 aliphatic rings. The number of benzene rings is 1. The van der Waals surface area contributed by atoms with Crippen LogP contribution in [0.25, 0.3) is 0 Å². The van der Waals surface area contributed by atoms with E-state index < -0.39 is 29.2 Å². The summed E-state index contributed by atoms with van der Waals surface area (Å²) in [7, 11) is -3.98. The Morgan fingerprint density at radius 1 is 1.26 bits per heavy atom. The molecular weight excluding hydrogens is 449 g/mol. The maximum Gasteiger partial charge on any atom is 0.286 e. The van der Waals surface area contributed by atoms with E-state index in [4.69, 9.17) is 11.6 Å². The molecule has 3 heterocycles. The first-order valence-electron chi connectivity index (χ1n) is 9.40. The number of aromatic nitrogens is 4. The van der Waals surface area contributed by atoms with Gasteiger partial charge in [0.2, 0.25) is 5.91 Å². The van der Waals surface area contributed by atoms with E-state index in [2.05, 4.69) is 10.2 Å². The molecule has 12 heteroatoms. The highest BCUT2D eigenvalue weighted by molar-refractivity contribution is 7.89. The van der Waals surface area contributed by atoms with Crippen molar-refractivity contribution in [3.63, 3.8) is 0 Å². The number of halogens is 2. The summed E-state index contributed by atoms with van der Waals surface area (Å²) < 4.78 is 40.0. The van der Waals surface area contributed by atoms with Crippen LogP contribution in [0.2, 0.25) is 5.02 Å². The molecule has 0 bridgehead atoms. The Balaban J connectivity index is 1.52. The second kappa shape index (κ2) is 8.40. The number of carbonyl (C=O) groups is 1. The van der Waals surface area contributed by atoms with Crippen LogP contribution in [0.3, 0.4) is 0 Å². The van der Waals surface area contributed by atoms with Crippen molar-refractivity contribution in [3.8, 4) is 0 Å². The molecule has 31 heavy (non-hydrogen) atoms. The van der Waals surface area contributed by atoms with Gasteiger partial charge < -0.3 is 10.0 Å². The number of aryl methyl sites for hydroxylation is 1. The smallest absolute Gasteiger partial charge is 0.286 e. The van der Waals surface area contributed by atoms with Gasteiger partial charge in [0.05, 0.1) is 37.5 Å². The first-order chi connectivity index (χ1) is 14.8. The lowest BCUT2D eigenvalue weighted by atomic mass is 9.98. The number of aliphatic hydroxyl groups excluding tert-OH is 1.